The number of hydrogen-bond acceptors (Lipinski definition) is 3. The Bertz CT molecular complexity index is 388. The van der Waals surface area contributed by atoms with E-state index in [2.05, 4.69) is 36.4 Å². The number of anilines is 1. The van der Waals surface area contributed by atoms with Gasteiger partial charge < -0.3 is 10.6 Å². The van der Waals surface area contributed by atoms with Crippen molar-refractivity contribution in [2.75, 3.05) is 18.9 Å². The molecule has 0 aromatic carbocycles. The van der Waals surface area contributed by atoms with E-state index in [1.165, 1.54) is 0 Å². The molecule has 0 saturated carbocycles. The molecule has 1 rings (SSSR count). The summed E-state index contributed by atoms with van der Waals surface area (Å²) in [7, 11) is 1.76. The third kappa shape index (κ3) is 3.73. The fraction of sp³-hybridized carbons (Fsp3) is 0.538. The Morgan fingerprint density at radius 2 is 2.18 bits per heavy atom. The monoisotopic (exact) mass is 235 g/mol. The minimum absolute atomic E-state index is 0.0797. The van der Waals surface area contributed by atoms with Crippen molar-refractivity contribution in [2.45, 2.75) is 27.2 Å². The Hall–Kier alpha value is -1.58. The van der Waals surface area contributed by atoms with E-state index in [0.29, 0.717) is 17.9 Å². The van der Waals surface area contributed by atoms with E-state index >= 15 is 0 Å². The average molecular weight is 235 g/mol. The maximum atomic E-state index is 12.0. The van der Waals surface area contributed by atoms with Gasteiger partial charge >= 0.3 is 0 Å². The van der Waals surface area contributed by atoms with Gasteiger partial charge in [-0.1, -0.05) is 20.8 Å². The number of carbonyl (C=O) groups is 1. The first-order chi connectivity index (χ1) is 8.00. The van der Waals surface area contributed by atoms with Gasteiger partial charge in [0.25, 0.3) is 5.91 Å². The van der Waals surface area contributed by atoms with Gasteiger partial charge in [-0.3, -0.25) is 4.79 Å². The molecule has 0 atom stereocenters. The molecule has 1 heterocycles. The standard InChI is InChI=1S/C13H21N3O/c1-5-13(2,3)9-16-12(17)10-7-6-8-15-11(10)14-4/h6-8H,5,9H2,1-4H3,(H,14,15)(H,16,17). The van der Waals surface area contributed by atoms with Gasteiger partial charge in [-0.15, -0.1) is 0 Å². The van der Waals surface area contributed by atoms with Crippen LogP contribution in [0.2, 0.25) is 0 Å². The minimum atomic E-state index is -0.0797. The Kier molecular flexibility index (Phi) is 4.49. The van der Waals surface area contributed by atoms with Crippen LogP contribution in [0.3, 0.4) is 0 Å². The molecular weight excluding hydrogens is 214 g/mol. The number of nitrogens with zero attached hydrogens (tertiary/aromatic N) is 1. The van der Waals surface area contributed by atoms with Gasteiger partial charge in [-0.2, -0.15) is 0 Å². The van der Waals surface area contributed by atoms with E-state index in [1.807, 2.05) is 0 Å². The maximum Gasteiger partial charge on any atom is 0.255 e. The third-order valence-corrected chi connectivity index (χ3v) is 2.97. The third-order valence-electron chi connectivity index (χ3n) is 2.97. The van der Waals surface area contributed by atoms with E-state index in [0.717, 1.165) is 6.42 Å². The van der Waals surface area contributed by atoms with Gasteiger partial charge in [0.1, 0.15) is 5.82 Å². The lowest BCUT2D eigenvalue weighted by molar-refractivity contribution is 0.0936. The zero-order chi connectivity index (χ0) is 12.9. The quantitative estimate of drug-likeness (QED) is 0.823. The van der Waals surface area contributed by atoms with E-state index in [9.17, 15) is 4.79 Å². The number of carbonyl (C=O) groups excluding carboxylic acids is 1. The lowest BCUT2D eigenvalue weighted by atomic mass is 9.90. The van der Waals surface area contributed by atoms with Gasteiger partial charge in [0.15, 0.2) is 0 Å². The normalized spacial score (nSPS) is 11.1. The zero-order valence-corrected chi connectivity index (χ0v) is 11.0. The SMILES string of the molecule is CCC(C)(C)CNC(=O)c1cccnc1NC. The summed E-state index contributed by atoms with van der Waals surface area (Å²) in [6.45, 7) is 7.06. The number of nitrogens with one attached hydrogen (secondary N) is 2. The maximum absolute atomic E-state index is 12.0. The van der Waals surface area contributed by atoms with Gasteiger partial charge in [0.2, 0.25) is 0 Å². The van der Waals surface area contributed by atoms with Crippen molar-refractivity contribution in [2.24, 2.45) is 5.41 Å². The molecule has 2 N–H and O–H groups in total. The number of aromatic nitrogens is 1. The van der Waals surface area contributed by atoms with Gasteiger partial charge in [-0.05, 0) is 24.0 Å². The van der Waals surface area contributed by atoms with Crippen LogP contribution in [-0.4, -0.2) is 24.5 Å². The lowest BCUT2D eigenvalue weighted by Gasteiger charge is -2.23. The Labute approximate surface area is 103 Å². The summed E-state index contributed by atoms with van der Waals surface area (Å²) in [5, 5.41) is 5.86. The highest BCUT2D eigenvalue weighted by atomic mass is 16.1. The summed E-state index contributed by atoms with van der Waals surface area (Å²) >= 11 is 0. The Morgan fingerprint density at radius 1 is 1.47 bits per heavy atom. The van der Waals surface area contributed by atoms with Crippen LogP contribution in [0.4, 0.5) is 5.82 Å². The summed E-state index contributed by atoms with van der Waals surface area (Å²) in [6.07, 6.45) is 2.69. The van der Waals surface area contributed by atoms with Crippen LogP contribution in [0.25, 0.3) is 0 Å². The molecule has 17 heavy (non-hydrogen) atoms. The van der Waals surface area contributed by atoms with Crippen molar-refractivity contribution >= 4 is 11.7 Å². The van der Waals surface area contributed by atoms with Crippen molar-refractivity contribution in [1.29, 1.82) is 0 Å². The number of amides is 1. The van der Waals surface area contributed by atoms with E-state index in [-0.39, 0.29) is 11.3 Å². The van der Waals surface area contributed by atoms with Crippen LogP contribution in [0.1, 0.15) is 37.6 Å². The zero-order valence-electron chi connectivity index (χ0n) is 11.0. The fourth-order valence-corrected chi connectivity index (χ4v) is 1.33. The average Bonchev–Trinajstić information content (AvgIpc) is 2.36. The Morgan fingerprint density at radius 3 is 2.76 bits per heavy atom. The second-order valence-corrected chi connectivity index (χ2v) is 4.85. The first-order valence-electron chi connectivity index (χ1n) is 5.91. The van der Waals surface area contributed by atoms with Crippen LogP contribution in [-0.2, 0) is 0 Å². The summed E-state index contributed by atoms with van der Waals surface area (Å²) in [5.74, 6) is 0.531. The summed E-state index contributed by atoms with van der Waals surface area (Å²) in [5.41, 5.74) is 0.708. The molecule has 4 heteroatoms. The predicted molar refractivity (Wildman–Crippen MR) is 70.2 cm³/mol. The number of hydrogen-bond donors (Lipinski definition) is 2. The Balaban J connectivity index is 2.70. The molecule has 0 aliphatic rings. The fourth-order valence-electron chi connectivity index (χ4n) is 1.33. The second-order valence-electron chi connectivity index (χ2n) is 4.85. The first kappa shape index (κ1) is 13.5. The molecule has 0 spiro atoms. The van der Waals surface area contributed by atoms with E-state index in [4.69, 9.17) is 0 Å². The minimum Gasteiger partial charge on any atom is -0.372 e. The number of rotatable bonds is 5. The highest BCUT2D eigenvalue weighted by Gasteiger charge is 2.18. The van der Waals surface area contributed by atoms with E-state index in [1.54, 1.807) is 25.4 Å². The molecule has 0 aliphatic carbocycles. The van der Waals surface area contributed by atoms with E-state index < -0.39 is 0 Å². The van der Waals surface area contributed by atoms with Gasteiger partial charge in [-0.25, -0.2) is 4.98 Å². The van der Waals surface area contributed by atoms with Crippen molar-refractivity contribution < 1.29 is 4.79 Å². The summed E-state index contributed by atoms with van der Waals surface area (Å²) in [6, 6.07) is 3.54. The van der Waals surface area contributed by atoms with Crippen molar-refractivity contribution in [3.63, 3.8) is 0 Å². The molecule has 1 aromatic rings. The lowest BCUT2D eigenvalue weighted by Crippen LogP contribution is -2.34. The van der Waals surface area contributed by atoms with Crippen molar-refractivity contribution in [3.8, 4) is 0 Å². The smallest absolute Gasteiger partial charge is 0.255 e. The molecule has 0 bridgehead atoms. The van der Waals surface area contributed by atoms with Crippen molar-refractivity contribution in [3.05, 3.63) is 23.9 Å². The van der Waals surface area contributed by atoms with Gasteiger partial charge in [0.05, 0.1) is 5.56 Å². The van der Waals surface area contributed by atoms with Crippen LogP contribution in [0.15, 0.2) is 18.3 Å². The number of pyridine rings is 1. The van der Waals surface area contributed by atoms with Crippen LogP contribution in [0, 0.1) is 5.41 Å². The molecule has 0 aliphatic heterocycles. The summed E-state index contributed by atoms with van der Waals surface area (Å²) < 4.78 is 0. The molecule has 1 amide bonds. The highest BCUT2D eigenvalue weighted by Crippen LogP contribution is 2.18. The van der Waals surface area contributed by atoms with Gasteiger partial charge in [0, 0.05) is 19.8 Å². The topological polar surface area (TPSA) is 54.0 Å². The second kappa shape index (κ2) is 5.66. The molecule has 0 radical (unpaired) electrons. The largest absolute Gasteiger partial charge is 0.372 e. The molecule has 94 valence electrons. The highest BCUT2D eigenvalue weighted by molar-refractivity contribution is 5.98. The molecule has 0 unspecified atom stereocenters. The summed E-state index contributed by atoms with van der Waals surface area (Å²) in [4.78, 5) is 16.1. The predicted octanol–water partition coefficient (Wildman–Crippen LogP) is 2.29. The molecule has 4 nitrogen and oxygen atoms in total. The molecule has 0 fully saturated rings. The van der Waals surface area contributed by atoms with Crippen LogP contribution < -0.4 is 10.6 Å². The molecular formula is C13H21N3O. The molecule has 1 aromatic heterocycles. The van der Waals surface area contributed by atoms with Crippen LogP contribution >= 0.6 is 0 Å². The van der Waals surface area contributed by atoms with Crippen LogP contribution in [0.5, 0.6) is 0 Å². The van der Waals surface area contributed by atoms with Crippen molar-refractivity contribution in [1.82, 2.24) is 10.3 Å². The molecule has 0 saturated heterocycles. The first-order valence-corrected chi connectivity index (χ1v) is 5.91.